The fourth-order valence-corrected chi connectivity index (χ4v) is 5.93. The number of aromatic nitrogens is 2. The highest BCUT2D eigenvalue weighted by molar-refractivity contribution is 5.85. The Morgan fingerprint density at radius 2 is 1.66 bits per heavy atom. The first kappa shape index (κ1) is 23.8. The van der Waals surface area contributed by atoms with Crippen LogP contribution < -0.4 is 5.32 Å². The van der Waals surface area contributed by atoms with Gasteiger partial charge in [-0.1, -0.05) is 56.7 Å². The second-order valence-corrected chi connectivity index (χ2v) is 10.1. The first-order valence-electron chi connectivity index (χ1n) is 12.9. The lowest BCUT2D eigenvalue weighted by atomic mass is 9.82. The largest absolute Gasteiger partial charge is 0.508 e. The molecule has 2 aliphatic rings. The number of para-hydroxylation sites is 1. The highest BCUT2D eigenvalue weighted by atomic mass is 19.2. The van der Waals surface area contributed by atoms with Crippen LogP contribution in [-0.2, 0) is 11.2 Å². The maximum absolute atomic E-state index is 14.5. The fraction of sp³-hybridized carbons (Fsp3) is 0.500. The van der Waals surface area contributed by atoms with Gasteiger partial charge in [0.15, 0.2) is 11.6 Å². The van der Waals surface area contributed by atoms with Gasteiger partial charge in [0.1, 0.15) is 17.6 Å². The highest BCUT2D eigenvalue weighted by Crippen LogP contribution is 2.37. The number of aromatic hydroxyl groups is 1. The Balaban J connectivity index is 1.61. The predicted molar refractivity (Wildman–Crippen MR) is 131 cm³/mol. The van der Waals surface area contributed by atoms with Crippen LogP contribution in [-0.4, -0.2) is 26.6 Å². The maximum Gasteiger partial charge on any atom is 0.243 e. The molecule has 0 bridgehead atoms. The summed E-state index contributed by atoms with van der Waals surface area (Å²) in [7, 11) is 0. The molecular weight excluding hydrogens is 448 g/mol. The second-order valence-electron chi connectivity index (χ2n) is 10.1. The fourth-order valence-electron chi connectivity index (χ4n) is 5.93. The minimum atomic E-state index is -0.961. The van der Waals surface area contributed by atoms with Crippen molar-refractivity contribution in [2.24, 2.45) is 5.92 Å². The number of carbonyl (C=O) groups excluding carboxylic acids is 1. The van der Waals surface area contributed by atoms with E-state index in [9.17, 15) is 18.7 Å². The first-order valence-corrected chi connectivity index (χ1v) is 12.9. The SMILES string of the molecule is O=C(NC1CCCCC1)C(C1CCCCC1)n1c(Cc2ccccc2O)nc2cc(F)c(F)cc21. The standard InChI is InChI=1S/C28H33F2N3O2/c29-21-16-23-24(17-22(21)30)33(26(32-23)15-19-11-7-8-14-25(19)34)27(18-9-3-1-4-10-18)28(35)31-20-12-5-2-6-13-20/h7-8,11,14,16-18,20,27,34H,1-6,9-10,12-13,15H2,(H,31,35). The van der Waals surface area contributed by atoms with Crippen LogP contribution in [0.3, 0.4) is 0 Å². The summed E-state index contributed by atoms with van der Waals surface area (Å²) in [4.78, 5) is 18.6. The summed E-state index contributed by atoms with van der Waals surface area (Å²) in [5.74, 6) is -1.24. The number of hydrogen-bond donors (Lipinski definition) is 2. The van der Waals surface area contributed by atoms with Crippen LogP contribution in [0.15, 0.2) is 36.4 Å². The summed E-state index contributed by atoms with van der Waals surface area (Å²) in [6.45, 7) is 0. The van der Waals surface area contributed by atoms with E-state index in [2.05, 4.69) is 10.3 Å². The zero-order valence-electron chi connectivity index (χ0n) is 20.0. The van der Waals surface area contributed by atoms with E-state index < -0.39 is 17.7 Å². The van der Waals surface area contributed by atoms with Crippen LogP contribution in [0.5, 0.6) is 5.75 Å². The van der Waals surface area contributed by atoms with Gasteiger partial charge in [-0.25, -0.2) is 13.8 Å². The summed E-state index contributed by atoms with van der Waals surface area (Å²) in [6.07, 6.45) is 10.6. The van der Waals surface area contributed by atoms with Crippen LogP contribution in [0.4, 0.5) is 8.78 Å². The van der Waals surface area contributed by atoms with E-state index >= 15 is 0 Å². The second kappa shape index (κ2) is 10.3. The molecular formula is C28H33F2N3O2. The van der Waals surface area contributed by atoms with Crippen LogP contribution in [0.1, 0.15) is 81.6 Å². The molecule has 1 amide bonds. The van der Waals surface area contributed by atoms with Crippen molar-refractivity contribution in [2.75, 3.05) is 0 Å². The lowest BCUT2D eigenvalue weighted by Gasteiger charge is -2.33. The number of hydrogen-bond acceptors (Lipinski definition) is 3. The van der Waals surface area contributed by atoms with E-state index in [4.69, 9.17) is 0 Å². The van der Waals surface area contributed by atoms with Crippen LogP contribution in [0.2, 0.25) is 0 Å². The molecule has 0 saturated heterocycles. The van der Waals surface area contributed by atoms with E-state index in [0.29, 0.717) is 22.4 Å². The van der Waals surface area contributed by atoms with Crippen molar-refractivity contribution in [3.8, 4) is 5.75 Å². The molecule has 5 nitrogen and oxygen atoms in total. The highest BCUT2D eigenvalue weighted by Gasteiger charge is 2.35. The Labute approximate surface area is 204 Å². The summed E-state index contributed by atoms with van der Waals surface area (Å²) >= 11 is 0. The number of halogens is 2. The Bertz CT molecular complexity index is 1200. The molecule has 1 aromatic heterocycles. The molecule has 5 rings (SSSR count). The Hall–Kier alpha value is -2.96. The average Bonchev–Trinajstić information content (AvgIpc) is 3.18. The number of benzene rings is 2. The van der Waals surface area contributed by atoms with Gasteiger partial charge in [0, 0.05) is 30.2 Å². The Morgan fingerprint density at radius 3 is 2.37 bits per heavy atom. The monoisotopic (exact) mass is 481 g/mol. The van der Waals surface area contributed by atoms with Crippen molar-refractivity contribution in [1.82, 2.24) is 14.9 Å². The normalized spacial score (nSPS) is 18.6. The number of phenolic OH excluding ortho intramolecular Hbond substituents is 1. The van der Waals surface area contributed by atoms with Gasteiger partial charge in [-0.15, -0.1) is 0 Å². The molecule has 0 radical (unpaired) electrons. The zero-order valence-corrected chi connectivity index (χ0v) is 20.0. The third kappa shape index (κ3) is 5.04. The average molecular weight is 482 g/mol. The number of nitrogens with one attached hydrogen (secondary N) is 1. The molecule has 2 aromatic carbocycles. The molecule has 2 fully saturated rings. The van der Waals surface area contributed by atoms with Crippen molar-refractivity contribution in [3.63, 3.8) is 0 Å². The van der Waals surface area contributed by atoms with Crippen LogP contribution >= 0.6 is 0 Å². The van der Waals surface area contributed by atoms with Crippen molar-refractivity contribution in [3.05, 3.63) is 59.4 Å². The summed E-state index contributed by atoms with van der Waals surface area (Å²) in [6, 6.07) is 8.84. The van der Waals surface area contributed by atoms with Crippen molar-refractivity contribution < 1.29 is 18.7 Å². The van der Waals surface area contributed by atoms with E-state index in [-0.39, 0.29) is 30.0 Å². The molecule has 2 saturated carbocycles. The molecule has 0 aliphatic heterocycles. The van der Waals surface area contributed by atoms with E-state index in [1.807, 2.05) is 10.6 Å². The molecule has 2 aliphatic carbocycles. The van der Waals surface area contributed by atoms with Crippen LogP contribution in [0, 0.1) is 17.6 Å². The molecule has 1 unspecified atom stereocenters. The summed E-state index contributed by atoms with van der Waals surface area (Å²) < 4.78 is 30.4. The number of nitrogens with zero attached hydrogens (tertiary/aromatic N) is 2. The lowest BCUT2D eigenvalue weighted by Crippen LogP contribution is -2.43. The molecule has 2 N–H and O–H groups in total. The first-order chi connectivity index (χ1) is 17.0. The Morgan fingerprint density at radius 1 is 1.00 bits per heavy atom. The van der Waals surface area contributed by atoms with Gasteiger partial charge in [-0.3, -0.25) is 4.79 Å². The Kier molecular flexibility index (Phi) is 7.02. The molecule has 1 heterocycles. The topological polar surface area (TPSA) is 67.2 Å². The number of carbonyl (C=O) groups is 1. The minimum Gasteiger partial charge on any atom is -0.508 e. The van der Waals surface area contributed by atoms with Gasteiger partial charge in [-0.2, -0.15) is 0 Å². The third-order valence-corrected chi connectivity index (χ3v) is 7.74. The van der Waals surface area contributed by atoms with Gasteiger partial charge >= 0.3 is 0 Å². The van der Waals surface area contributed by atoms with Crippen molar-refractivity contribution >= 4 is 16.9 Å². The zero-order chi connectivity index (χ0) is 24.4. The molecule has 1 atom stereocenters. The molecule has 0 spiro atoms. The van der Waals surface area contributed by atoms with E-state index in [0.717, 1.165) is 69.9 Å². The van der Waals surface area contributed by atoms with Gasteiger partial charge < -0.3 is 15.0 Å². The molecule has 7 heteroatoms. The molecule has 186 valence electrons. The molecule has 3 aromatic rings. The number of fused-ring (bicyclic) bond motifs is 1. The summed E-state index contributed by atoms with van der Waals surface area (Å²) in [5.41, 5.74) is 1.39. The van der Waals surface area contributed by atoms with Gasteiger partial charge in [0.05, 0.1) is 11.0 Å². The number of imidazole rings is 1. The number of rotatable bonds is 6. The van der Waals surface area contributed by atoms with Crippen molar-refractivity contribution in [2.45, 2.75) is 82.7 Å². The van der Waals surface area contributed by atoms with Gasteiger partial charge in [0.25, 0.3) is 0 Å². The van der Waals surface area contributed by atoms with Gasteiger partial charge in [0.2, 0.25) is 5.91 Å². The van der Waals surface area contributed by atoms with Gasteiger partial charge in [-0.05, 0) is 37.7 Å². The van der Waals surface area contributed by atoms with Crippen molar-refractivity contribution in [1.29, 1.82) is 0 Å². The predicted octanol–water partition coefficient (Wildman–Crippen LogP) is 6.18. The minimum absolute atomic E-state index is 0.0635. The van der Waals surface area contributed by atoms with E-state index in [1.54, 1.807) is 18.2 Å². The van der Waals surface area contributed by atoms with E-state index in [1.165, 1.54) is 6.42 Å². The number of amides is 1. The molecule has 35 heavy (non-hydrogen) atoms. The summed E-state index contributed by atoms with van der Waals surface area (Å²) in [5, 5.41) is 13.7. The number of phenols is 1. The third-order valence-electron chi connectivity index (χ3n) is 7.74. The van der Waals surface area contributed by atoms with Crippen LogP contribution in [0.25, 0.3) is 11.0 Å². The quantitative estimate of drug-likeness (QED) is 0.442. The smallest absolute Gasteiger partial charge is 0.243 e. The maximum atomic E-state index is 14.5. The lowest BCUT2D eigenvalue weighted by molar-refractivity contribution is -0.127.